The number of hydrogen-bond acceptors (Lipinski definition) is 5. The number of hydrogen-bond donors (Lipinski definition) is 2. The van der Waals surface area contributed by atoms with Crippen LogP contribution in [0, 0.1) is 0 Å². The van der Waals surface area contributed by atoms with Crippen LogP contribution in [0.25, 0.3) is 0 Å². The average molecular weight is 368 g/mol. The molecule has 1 aliphatic carbocycles. The molecule has 0 saturated carbocycles. The highest BCUT2D eigenvalue weighted by Gasteiger charge is 2.13. The van der Waals surface area contributed by atoms with Gasteiger partial charge in [-0.2, -0.15) is 0 Å². The molecule has 2 amide bonds. The topological polar surface area (TPSA) is 108 Å². The van der Waals surface area contributed by atoms with E-state index in [1.165, 1.54) is 35.4 Å². The van der Waals surface area contributed by atoms with Gasteiger partial charge in [-0.15, -0.1) is 0 Å². The molecule has 0 heterocycles. The first kappa shape index (κ1) is 18.4. The van der Waals surface area contributed by atoms with Crippen LogP contribution in [0.4, 0.5) is 5.69 Å². The van der Waals surface area contributed by atoms with Gasteiger partial charge in [-0.05, 0) is 66.8 Å². The van der Waals surface area contributed by atoms with E-state index in [2.05, 4.69) is 5.32 Å². The van der Waals surface area contributed by atoms with Crippen LogP contribution in [0.15, 0.2) is 42.5 Å². The van der Waals surface area contributed by atoms with Crippen LogP contribution in [-0.4, -0.2) is 31.0 Å². The molecule has 7 nitrogen and oxygen atoms in total. The van der Waals surface area contributed by atoms with Gasteiger partial charge in [0, 0.05) is 5.69 Å². The van der Waals surface area contributed by atoms with Crippen molar-refractivity contribution >= 4 is 23.5 Å². The summed E-state index contributed by atoms with van der Waals surface area (Å²) in [7, 11) is 0. The first-order valence-electron chi connectivity index (χ1n) is 8.61. The molecule has 0 atom stereocenters. The summed E-state index contributed by atoms with van der Waals surface area (Å²) in [5.74, 6) is -1.21. The Morgan fingerprint density at radius 3 is 2.44 bits per heavy atom. The maximum absolute atomic E-state index is 12.0. The minimum absolute atomic E-state index is 0.243. The molecule has 0 saturated heterocycles. The van der Waals surface area contributed by atoms with Gasteiger partial charge in [-0.3, -0.25) is 9.59 Å². The van der Waals surface area contributed by atoms with Crippen LogP contribution < -0.4 is 15.8 Å². The zero-order valence-electron chi connectivity index (χ0n) is 14.7. The number of rotatable bonds is 7. The summed E-state index contributed by atoms with van der Waals surface area (Å²) in [4.78, 5) is 34.7. The quantitative estimate of drug-likeness (QED) is 0.725. The van der Waals surface area contributed by atoms with E-state index in [-0.39, 0.29) is 18.8 Å². The second-order valence-corrected chi connectivity index (χ2v) is 6.24. The molecule has 0 aliphatic heterocycles. The van der Waals surface area contributed by atoms with Crippen molar-refractivity contribution in [2.24, 2.45) is 5.73 Å². The molecular formula is C20H20N2O5. The number of fused-ring (bicyclic) bond motifs is 1. The zero-order chi connectivity index (χ0) is 19.2. The first-order valence-corrected chi connectivity index (χ1v) is 8.61. The number of carbonyl (C=O) groups excluding carboxylic acids is 3. The molecule has 0 unspecified atom stereocenters. The van der Waals surface area contributed by atoms with Gasteiger partial charge in [0.15, 0.2) is 13.2 Å². The fourth-order valence-electron chi connectivity index (χ4n) is 2.90. The van der Waals surface area contributed by atoms with E-state index in [1.54, 1.807) is 0 Å². The van der Waals surface area contributed by atoms with Crippen molar-refractivity contribution in [1.82, 2.24) is 0 Å². The second kappa shape index (κ2) is 8.35. The van der Waals surface area contributed by atoms with E-state index >= 15 is 0 Å². The molecule has 0 radical (unpaired) electrons. The average Bonchev–Trinajstić information content (AvgIpc) is 3.12. The SMILES string of the molecule is NC(=O)COc1ccc(C(=O)OCC(=O)Nc2ccc3c(c2)CCC3)cc1. The number of nitrogens with two attached hydrogens (primary N) is 1. The molecule has 0 aromatic heterocycles. The summed E-state index contributed by atoms with van der Waals surface area (Å²) in [6.07, 6.45) is 3.23. The van der Waals surface area contributed by atoms with Crippen LogP contribution in [0.1, 0.15) is 27.9 Å². The molecule has 3 N–H and O–H groups in total. The monoisotopic (exact) mass is 368 g/mol. The summed E-state index contributed by atoms with van der Waals surface area (Å²) in [5.41, 5.74) is 8.54. The molecule has 0 bridgehead atoms. The lowest BCUT2D eigenvalue weighted by Gasteiger charge is -2.09. The lowest BCUT2D eigenvalue weighted by atomic mass is 10.1. The molecule has 7 heteroatoms. The van der Waals surface area contributed by atoms with Crippen LogP contribution in [0.3, 0.4) is 0 Å². The summed E-state index contributed by atoms with van der Waals surface area (Å²) in [6.45, 7) is -0.623. The molecular weight excluding hydrogens is 348 g/mol. The van der Waals surface area contributed by atoms with Crippen molar-refractivity contribution in [3.8, 4) is 5.75 Å². The summed E-state index contributed by atoms with van der Waals surface area (Å²) in [5, 5.41) is 2.73. The number of ether oxygens (including phenoxy) is 2. The van der Waals surface area contributed by atoms with Crippen molar-refractivity contribution in [2.75, 3.05) is 18.5 Å². The third-order valence-corrected chi connectivity index (χ3v) is 4.19. The van der Waals surface area contributed by atoms with E-state index in [0.717, 1.165) is 19.3 Å². The third kappa shape index (κ3) is 5.07. The minimum Gasteiger partial charge on any atom is -0.484 e. The maximum Gasteiger partial charge on any atom is 0.338 e. The number of amides is 2. The minimum atomic E-state index is -0.624. The number of carbonyl (C=O) groups is 3. The Kier molecular flexibility index (Phi) is 5.71. The number of esters is 1. The van der Waals surface area contributed by atoms with Crippen LogP contribution in [0.2, 0.25) is 0 Å². The Hall–Kier alpha value is -3.35. The van der Waals surface area contributed by atoms with E-state index in [9.17, 15) is 14.4 Å². The number of primary amides is 1. The fourth-order valence-corrected chi connectivity index (χ4v) is 2.90. The van der Waals surface area contributed by atoms with Crippen molar-refractivity contribution in [3.05, 3.63) is 59.2 Å². The van der Waals surface area contributed by atoms with E-state index < -0.39 is 17.8 Å². The Labute approximate surface area is 156 Å². The number of benzene rings is 2. The highest BCUT2D eigenvalue weighted by Crippen LogP contribution is 2.24. The normalized spacial score (nSPS) is 12.1. The molecule has 0 fully saturated rings. The van der Waals surface area contributed by atoms with Crippen LogP contribution >= 0.6 is 0 Å². The Bertz CT molecular complexity index is 861. The molecule has 27 heavy (non-hydrogen) atoms. The molecule has 3 rings (SSSR count). The van der Waals surface area contributed by atoms with Gasteiger partial charge in [-0.25, -0.2) is 4.79 Å². The lowest BCUT2D eigenvalue weighted by molar-refractivity contribution is -0.120. The number of anilines is 1. The predicted octanol–water partition coefficient (Wildman–Crippen LogP) is 1.83. The standard InChI is InChI=1S/C20H20N2O5/c21-18(23)11-26-17-8-5-14(6-9-17)20(25)27-12-19(24)22-16-7-4-13-2-1-3-15(13)10-16/h4-10H,1-3,11-12H2,(H2,21,23)(H,22,24). The summed E-state index contributed by atoms with van der Waals surface area (Å²) < 4.78 is 10.1. The predicted molar refractivity (Wildman–Crippen MR) is 98.5 cm³/mol. The van der Waals surface area contributed by atoms with Gasteiger partial charge in [0.25, 0.3) is 11.8 Å². The Morgan fingerprint density at radius 1 is 0.963 bits per heavy atom. The van der Waals surface area contributed by atoms with E-state index in [1.807, 2.05) is 18.2 Å². The number of nitrogens with one attached hydrogen (secondary N) is 1. The molecule has 140 valence electrons. The highest BCUT2D eigenvalue weighted by molar-refractivity contribution is 5.95. The summed E-state index contributed by atoms with van der Waals surface area (Å²) in [6, 6.07) is 11.8. The third-order valence-electron chi connectivity index (χ3n) is 4.19. The second-order valence-electron chi connectivity index (χ2n) is 6.24. The van der Waals surface area contributed by atoms with Crippen LogP contribution in [0.5, 0.6) is 5.75 Å². The molecule has 2 aromatic rings. The summed E-state index contributed by atoms with van der Waals surface area (Å²) >= 11 is 0. The van der Waals surface area contributed by atoms with E-state index in [4.69, 9.17) is 15.2 Å². The smallest absolute Gasteiger partial charge is 0.338 e. The zero-order valence-corrected chi connectivity index (χ0v) is 14.7. The molecule has 1 aliphatic rings. The van der Waals surface area contributed by atoms with E-state index in [0.29, 0.717) is 11.4 Å². The van der Waals surface area contributed by atoms with Gasteiger partial charge in [0.2, 0.25) is 0 Å². The maximum atomic E-state index is 12.0. The van der Waals surface area contributed by atoms with Gasteiger partial charge >= 0.3 is 5.97 Å². The van der Waals surface area contributed by atoms with Gasteiger partial charge in [0.05, 0.1) is 5.56 Å². The van der Waals surface area contributed by atoms with Crippen LogP contribution in [-0.2, 0) is 27.2 Å². The lowest BCUT2D eigenvalue weighted by Crippen LogP contribution is -2.21. The highest BCUT2D eigenvalue weighted by atomic mass is 16.5. The van der Waals surface area contributed by atoms with Gasteiger partial charge in [-0.1, -0.05) is 6.07 Å². The first-order chi connectivity index (χ1) is 13.0. The Balaban J connectivity index is 1.48. The largest absolute Gasteiger partial charge is 0.484 e. The number of aryl methyl sites for hydroxylation is 2. The van der Waals surface area contributed by atoms with Gasteiger partial charge in [0.1, 0.15) is 5.75 Å². The van der Waals surface area contributed by atoms with Crippen molar-refractivity contribution in [2.45, 2.75) is 19.3 Å². The van der Waals surface area contributed by atoms with Crippen molar-refractivity contribution < 1.29 is 23.9 Å². The molecule has 2 aromatic carbocycles. The van der Waals surface area contributed by atoms with Crippen molar-refractivity contribution in [1.29, 1.82) is 0 Å². The molecule has 0 spiro atoms. The Morgan fingerprint density at radius 2 is 1.70 bits per heavy atom. The fraction of sp³-hybridized carbons (Fsp3) is 0.250. The van der Waals surface area contributed by atoms with Crippen molar-refractivity contribution in [3.63, 3.8) is 0 Å². The van der Waals surface area contributed by atoms with Gasteiger partial charge < -0.3 is 20.5 Å².